The summed E-state index contributed by atoms with van der Waals surface area (Å²) in [5.41, 5.74) is -6.56. The van der Waals surface area contributed by atoms with Gasteiger partial charge >= 0.3 is 18.5 Å². The van der Waals surface area contributed by atoms with Gasteiger partial charge in [0.05, 0.1) is 11.1 Å². The smallest absolute Gasteiger partial charge is 0.288 e. The lowest BCUT2D eigenvalue weighted by Crippen LogP contribution is -2.53. The minimum atomic E-state index is -5.32. The van der Waals surface area contributed by atoms with Crippen molar-refractivity contribution in [3.05, 3.63) is 56.3 Å². The van der Waals surface area contributed by atoms with Crippen molar-refractivity contribution in [1.82, 2.24) is 9.91 Å². The molecular formula is C15H8Br2F9N3O. The first-order valence-corrected chi connectivity index (χ1v) is 8.95. The topological polar surface area (TPSA) is 49.6 Å². The largest absolute Gasteiger partial charge is 0.433 e. The molecule has 1 unspecified atom stereocenters. The van der Waals surface area contributed by atoms with Crippen LogP contribution in [0.3, 0.4) is 0 Å². The number of hydrazine groups is 1. The van der Waals surface area contributed by atoms with E-state index in [-0.39, 0.29) is 22.0 Å². The minimum absolute atomic E-state index is 0.0194. The molecule has 0 bridgehead atoms. The van der Waals surface area contributed by atoms with Gasteiger partial charge in [-0.15, -0.1) is 0 Å². The summed E-state index contributed by atoms with van der Waals surface area (Å²) in [6.07, 6.45) is -17.7. The van der Waals surface area contributed by atoms with Crippen LogP contribution in [-0.4, -0.2) is 22.0 Å². The van der Waals surface area contributed by atoms with Gasteiger partial charge in [0.2, 0.25) is 0 Å². The highest BCUT2D eigenvalue weighted by molar-refractivity contribution is 9.12. The van der Waals surface area contributed by atoms with Crippen molar-refractivity contribution in [2.45, 2.75) is 24.7 Å². The van der Waals surface area contributed by atoms with Gasteiger partial charge in [0.1, 0.15) is 10.6 Å². The number of allylic oxidation sites excluding steroid dienone is 1. The lowest BCUT2D eigenvalue weighted by molar-refractivity contribution is -0.150. The summed E-state index contributed by atoms with van der Waals surface area (Å²) in [7, 11) is 0. The van der Waals surface area contributed by atoms with Crippen LogP contribution in [0, 0.1) is 0 Å². The normalized spacial score (nSPS) is 18.9. The molecule has 1 heterocycles. The Morgan fingerprint density at radius 2 is 1.43 bits per heavy atom. The molecule has 0 aromatic heterocycles. The van der Waals surface area contributed by atoms with E-state index in [2.05, 4.69) is 38.4 Å². The third-order valence-electron chi connectivity index (χ3n) is 3.91. The quantitative estimate of drug-likeness (QED) is 0.357. The summed E-state index contributed by atoms with van der Waals surface area (Å²) in [6, 6.07) is 0.0345. The highest BCUT2D eigenvalue weighted by Crippen LogP contribution is 2.48. The number of hydrogen-bond donors (Lipinski definition) is 1. The number of hydrogen-bond acceptors (Lipinski definition) is 3. The number of halogens is 11. The fraction of sp³-hybridized carbons (Fsp3) is 0.267. The van der Waals surface area contributed by atoms with Gasteiger partial charge in [-0.25, -0.2) is 5.84 Å². The van der Waals surface area contributed by atoms with Crippen molar-refractivity contribution in [3.8, 4) is 0 Å². The number of nitrogens with zero attached hydrogens (tertiary/aromatic N) is 2. The van der Waals surface area contributed by atoms with Crippen LogP contribution >= 0.6 is 31.9 Å². The molecule has 1 amide bonds. The average Bonchev–Trinajstić information content (AvgIpc) is 2.55. The summed E-state index contributed by atoms with van der Waals surface area (Å²) >= 11 is 4.77. The van der Waals surface area contributed by atoms with E-state index in [1.165, 1.54) is 0 Å². The highest BCUT2D eigenvalue weighted by Gasteiger charge is 2.51. The molecule has 0 aliphatic carbocycles. The maximum atomic E-state index is 13.5. The number of carbonyl (C=O) groups is 1. The molecule has 166 valence electrons. The average molecular weight is 577 g/mol. The summed E-state index contributed by atoms with van der Waals surface area (Å²) in [5.74, 6) is 3.89. The Morgan fingerprint density at radius 1 is 0.933 bits per heavy atom. The van der Waals surface area contributed by atoms with Crippen molar-refractivity contribution in [1.29, 1.82) is 0 Å². The van der Waals surface area contributed by atoms with Gasteiger partial charge in [-0.2, -0.15) is 39.5 Å². The zero-order valence-corrected chi connectivity index (χ0v) is 17.2. The maximum Gasteiger partial charge on any atom is 0.433 e. The van der Waals surface area contributed by atoms with Gasteiger partial charge in [0.25, 0.3) is 5.91 Å². The second kappa shape index (κ2) is 7.75. The Kier molecular flexibility index (Phi) is 6.33. The molecule has 1 aliphatic rings. The monoisotopic (exact) mass is 575 g/mol. The Balaban J connectivity index is 2.92. The van der Waals surface area contributed by atoms with E-state index in [1.54, 1.807) is 0 Å². The minimum Gasteiger partial charge on any atom is -0.288 e. The van der Waals surface area contributed by atoms with Crippen molar-refractivity contribution in [2.24, 2.45) is 5.84 Å². The molecule has 1 atom stereocenters. The molecule has 4 nitrogen and oxygen atoms in total. The SMILES string of the molecule is C=CN1C(=O)C(Br)=C(C(F)(F)F)N(N)C1c1cc(C(F)(F)F)c(Br)cc1C(F)(F)F. The van der Waals surface area contributed by atoms with E-state index < -0.39 is 61.9 Å². The summed E-state index contributed by atoms with van der Waals surface area (Å²) in [5, 5.41) is -0.272. The zero-order chi connectivity index (χ0) is 23.4. The molecule has 1 aromatic carbocycles. The van der Waals surface area contributed by atoms with Crippen LogP contribution in [0.4, 0.5) is 39.5 Å². The third-order valence-corrected chi connectivity index (χ3v) is 5.28. The number of carbonyl (C=O) groups excluding carboxylic acids is 1. The van der Waals surface area contributed by atoms with Gasteiger partial charge in [-0.05, 0) is 28.1 Å². The highest BCUT2D eigenvalue weighted by atomic mass is 79.9. The molecule has 2 rings (SSSR count). The lowest BCUT2D eigenvalue weighted by Gasteiger charge is -2.43. The standard InChI is InChI=1S/C15H8Br2F9N3O/c1-2-28-11(29(27)10(15(24,25)26)9(17)12(28)30)5-3-7(14(21,22)23)8(16)4-6(5)13(18,19)20/h2-4,11H,1,27H2. The Labute approximate surface area is 179 Å². The van der Waals surface area contributed by atoms with Crippen molar-refractivity contribution in [3.63, 3.8) is 0 Å². The van der Waals surface area contributed by atoms with Crippen molar-refractivity contribution >= 4 is 37.8 Å². The summed E-state index contributed by atoms with van der Waals surface area (Å²) < 4.78 is 118. The number of benzene rings is 1. The van der Waals surface area contributed by atoms with Crippen molar-refractivity contribution in [2.75, 3.05) is 0 Å². The molecule has 0 saturated heterocycles. The van der Waals surface area contributed by atoms with E-state index in [9.17, 15) is 44.3 Å². The van der Waals surface area contributed by atoms with Crippen molar-refractivity contribution < 1.29 is 44.3 Å². The first kappa shape index (κ1) is 24.5. The van der Waals surface area contributed by atoms with Gasteiger partial charge in [0.15, 0.2) is 5.70 Å². The van der Waals surface area contributed by atoms with E-state index in [0.29, 0.717) is 6.20 Å². The molecule has 0 radical (unpaired) electrons. The molecular weight excluding hydrogens is 569 g/mol. The molecule has 15 heteroatoms. The third kappa shape index (κ3) is 4.32. The number of alkyl halides is 9. The molecule has 1 aromatic rings. The second-order valence-electron chi connectivity index (χ2n) is 5.75. The van der Waals surface area contributed by atoms with Crippen LogP contribution < -0.4 is 5.84 Å². The Bertz CT molecular complexity index is 922. The van der Waals surface area contributed by atoms with E-state index in [0.717, 1.165) is 0 Å². The second-order valence-corrected chi connectivity index (χ2v) is 7.40. The van der Waals surface area contributed by atoms with Crippen LogP contribution in [0.1, 0.15) is 22.9 Å². The van der Waals surface area contributed by atoms with Gasteiger partial charge in [0, 0.05) is 16.2 Å². The Hall–Kier alpha value is -1.74. The van der Waals surface area contributed by atoms with Crippen LogP contribution in [0.25, 0.3) is 0 Å². The number of rotatable bonds is 2. The van der Waals surface area contributed by atoms with E-state index >= 15 is 0 Å². The first-order chi connectivity index (χ1) is 13.4. The van der Waals surface area contributed by atoms with E-state index in [4.69, 9.17) is 5.84 Å². The van der Waals surface area contributed by atoms with Gasteiger partial charge in [-0.1, -0.05) is 22.5 Å². The predicted molar refractivity (Wildman–Crippen MR) is 92.0 cm³/mol. The summed E-state index contributed by atoms with van der Waals surface area (Å²) in [4.78, 5) is 12.6. The number of amides is 1. The fourth-order valence-electron chi connectivity index (χ4n) is 2.71. The van der Waals surface area contributed by atoms with Crippen LogP contribution in [0.15, 0.2) is 39.6 Å². The lowest BCUT2D eigenvalue weighted by atomic mass is 9.98. The maximum absolute atomic E-state index is 13.5. The predicted octanol–water partition coefficient (Wildman–Crippen LogP) is 5.82. The number of nitrogens with two attached hydrogens (primary N) is 1. The van der Waals surface area contributed by atoms with Crippen LogP contribution in [0.2, 0.25) is 0 Å². The fourth-order valence-corrected chi connectivity index (χ4v) is 3.92. The molecule has 2 N–H and O–H groups in total. The van der Waals surface area contributed by atoms with Gasteiger partial charge in [-0.3, -0.25) is 14.7 Å². The molecule has 1 aliphatic heterocycles. The van der Waals surface area contributed by atoms with Crippen LogP contribution in [0.5, 0.6) is 0 Å². The first-order valence-electron chi connectivity index (χ1n) is 7.36. The Morgan fingerprint density at radius 3 is 1.83 bits per heavy atom. The molecule has 0 fully saturated rings. The molecule has 0 spiro atoms. The van der Waals surface area contributed by atoms with Gasteiger partial charge < -0.3 is 0 Å². The molecule has 0 saturated carbocycles. The van der Waals surface area contributed by atoms with Crippen LogP contribution in [-0.2, 0) is 17.1 Å². The van der Waals surface area contributed by atoms with E-state index in [1.807, 2.05) is 0 Å². The zero-order valence-electron chi connectivity index (χ0n) is 14.1. The molecule has 30 heavy (non-hydrogen) atoms. The summed E-state index contributed by atoms with van der Waals surface area (Å²) in [6.45, 7) is 3.13.